The van der Waals surface area contributed by atoms with Crippen molar-refractivity contribution in [3.05, 3.63) is 59.7 Å². The second-order valence-corrected chi connectivity index (χ2v) is 6.14. The van der Waals surface area contributed by atoms with E-state index in [2.05, 4.69) is 20.2 Å². The lowest BCUT2D eigenvalue weighted by Crippen LogP contribution is -2.23. The molecular formula is C17H11N4O2S-. The third-order valence-corrected chi connectivity index (χ3v) is 4.58. The van der Waals surface area contributed by atoms with Crippen molar-refractivity contribution in [1.29, 1.82) is 0 Å². The van der Waals surface area contributed by atoms with E-state index in [1.165, 1.54) is 17.8 Å². The van der Waals surface area contributed by atoms with Crippen molar-refractivity contribution in [2.75, 3.05) is 0 Å². The maximum absolute atomic E-state index is 11.1. The second-order valence-electron chi connectivity index (χ2n) is 5.20. The quantitative estimate of drug-likeness (QED) is 0.574. The monoisotopic (exact) mass is 335 g/mol. The fraction of sp³-hybridized carbons (Fsp3) is 0.0588. The van der Waals surface area contributed by atoms with Gasteiger partial charge in [0.2, 0.25) is 5.16 Å². The van der Waals surface area contributed by atoms with Gasteiger partial charge in [-0.1, -0.05) is 54.2 Å². The number of carboxylic acid groups (broad SMARTS) is 1. The fourth-order valence-electron chi connectivity index (χ4n) is 2.55. The Morgan fingerprint density at radius 1 is 1.08 bits per heavy atom. The lowest BCUT2D eigenvalue weighted by molar-refractivity contribution is -0.255. The number of aromatic nitrogens is 4. The molecule has 0 bridgehead atoms. The minimum absolute atomic E-state index is 0.185. The highest BCUT2D eigenvalue weighted by atomic mass is 32.2. The smallest absolute Gasteiger partial charge is 0.211 e. The third kappa shape index (κ3) is 2.59. The van der Waals surface area contributed by atoms with E-state index < -0.39 is 5.97 Å². The van der Waals surface area contributed by atoms with E-state index in [1.807, 2.05) is 24.3 Å². The number of aromatic carboxylic acids is 1. The van der Waals surface area contributed by atoms with Crippen LogP contribution >= 0.6 is 11.8 Å². The van der Waals surface area contributed by atoms with Gasteiger partial charge in [0.25, 0.3) is 0 Å². The summed E-state index contributed by atoms with van der Waals surface area (Å²) in [5.74, 6) is -0.756. The lowest BCUT2D eigenvalue weighted by Gasteiger charge is -2.08. The summed E-state index contributed by atoms with van der Waals surface area (Å²) < 4.78 is 0. The topological polar surface area (TPSA) is 94.6 Å². The number of nitrogens with one attached hydrogen (secondary N) is 1. The van der Waals surface area contributed by atoms with Crippen LogP contribution in [0.3, 0.4) is 0 Å². The van der Waals surface area contributed by atoms with E-state index in [1.54, 1.807) is 18.2 Å². The maximum Gasteiger partial charge on any atom is 0.211 e. The Labute approximate surface area is 140 Å². The summed E-state index contributed by atoms with van der Waals surface area (Å²) in [7, 11) is 0. The van der Waals surface area contributed by atoms with Crippen LogP contribution in [-0.4, -0.2) is 26.1 Å². The van der Waals surface area contributed by atoms with Crippen molar-refractivity contribution in [3.8, 4) is 0 Å². The average Bonchev–Trinajstić information content (AvgIpc) is 2.98. The van der Waals surface area contributed by atoms with Crippen LogP contribution in [-0.2, 0) is 5.75 Å². The third-order valence-electron chi connectivity index (χ3n) is 3.70. The number of hydrogen-bond acceptors (Lipinski definition) is 6. The number of fused-ring (bicyclic) bond motifs is 3. The molecule has 2 aromatic carbocycles. The first kappa shape index (κ1) is 14.6. The van der Waals surface area contributed by atoms with Gasteiger partial charge in [-0.3, -0.25) is 0 Å². The Kier molecular flexibility index (Phi) is 3.62. The number of thioether (sulfide) groups is 1. The van der Waals surface area contributed by atoms with Gasteiger partial charge in [0.15, 0.2) is 5.65 Å². The van der Waals surface area contributed by atoms with Crippen LogP contribution in [0, 0.1) is 0 Å². The molecule has 0 atom stereocenters. The van der Waals surface area contributed by atoms with E-state index in [-0.39, 0.29) is 5.56 Å². The molecule has 0 aliphatic carbocycles. The van der Waals surface area contributed by atoms with Crippen LogP contribution in [0.25, 0.3) is 22.1 Å². The standard InChI is InChI=1S/C17H12N4O2S/c22-16(23)11-6-2-1-5-10(11)9-24-17-19-15-14(20-21-17)12-7-3-4-8-13(12)18-15/h1-8H,9H2,(H,22,23)(H,18,19,21)/p-1. The van der Waals surface area contributed by atoms with Crippen LogP contribution < -0.4 is 5.11 Å². The molecule has 0 amide bonds. The summed E-state index contributed by atoms with van der Waals surface area (Å²) in [6.07, 6.45) is 0. The number of benzene rings is 2. The highest BCUT2D eigenvalue weighted by molar-refractivity contribution is 7.98. The molecular weight excluding hydrogens is 324 g/mol. The molecule has 4 aromatic rings. The number of H-pyrrole nitrogens is 1. The molecule has 24 heavy (non-hydrogen) atoms. The zero-order valence-corrected chi connectivity index (χ0v) is 13.2. The van der Waals surface area contributed by atoms with Gasteiger partial charge in [-0.05, 0) is 11.6 Å². The summed E-state index contributed by atoms with van der Waals surface area (Å²) in [4.78, 5) is 18.8. The van der Waals surface area contributed by atoms with E-state index in [0.29, 0.717) is 22.1 Å². The van der Waals surface area contributed by atoms with Crippen LogP contribution in [0.1, 0.15) is 15.9 Å². The maximum atomic E-state index is 11.1. The molecule has 2 heterocycles. The van der Waals surface area contributed by atoms with Crippen molar-refractivity contribution in [2.24, 2.45) is 0 Å². The lowest BCUT2D eigenvalue weighted by atomic mass is 10.1. The van der Waals surface area contributed by atoms with Gasteiger partial charge in [-0.15, -0.1) is 10.2 Å². The average molecular weight is 335 g/mol. The molecule has 0 radical (unpaired) electrons. The Bertz CT molecular complexity index is 1060. The number of para-hydroxylation sites is 1. The van der Waals surface area contributed by atoms with E-state index in [9.17, 15) is 9.90 Å². The number of aromatic amines is 1. The summed E-state index contributed by atoms with van der Waals surface area (Å²) in [6.45, 7) is 0. The predicted molar refractivity (Wildman–Crippen MR) is 89.5 cm³/mol. The van der Waals surface area contributed by atoms with Gasteiger partial charge in [0.1, 0.15) is 5.52 Å². The van der Waals surface area contributed by atoms with Gasteiger partial charge in [-0.25, -0.2) is 4.98 Å². The summed E-state index contributed by atoms with van der Waals surface area (Å²) in [6, 6.07) is 14.6. The van der Waals surface area contributed by atoms with Crippen molar-refractivity contribution < 1.29 is 9.90 Å². The summed E-state index contributed by atoms with van der Waals surface area (Å²) in [5, 5.41) is 21.0. The summed E-state index contributed by atoms with van der Waals surface area (Å²) >= 11 is 1.33. The molecule has 118 valence electrons. The van der Waals surface area contributed by atoms with Crippen LogP contribution in [0.2, 0.25) is 0 Å². The zero-order chi connectivity index (χ0) is 16.5. The van der Waals surface area contributed by atoms with Crippen molar-refractivity contribution in [3.63, 3.8) is 0 Å². The molecule has 6 nitrogen and oxygen atoms in total. The molecule has 0 fully saturated rings. The molecule has 0 saturated carbocycles. The first-order valence-electron chi connectivity index (χ1n) is 7.25. The summed E-state index contributed by atoms with van der Waals surface area (Å²) in [5.41, 5.74) is 3.21. The minimum atomic E-state index is -1.18. The second kappa shape index (κ2) is 5.93. The SMILES string of the molecule is O=C([O-])c1ccccc1CSc1nnc2c(n1)[nH]c1ccccc12. The van der Waals surface area contributed by atoms with Crippen LogP contribution in [0.5, 0.6) is 0 Å². The molecule has 7 heteroatoms. The van der Waals surface area contributed by atoms with Gasteiger partial charge >= 0.3 is 0 Å². The van der Waals surface area contributed by atoms with Crippen molar-refractivity contribution >= 4 is 39.8 Å². The minimum Gasteiger partial charge on any atom is -0.545 e. The number of nitrogens with zero attached hydrogens (tertiary/aromatic N) is 3. The van der Waals surface area contributed by atoms with Crippen LogP contribution in [0.15, 0.2) is 53.7 Å². The molecule has 0 aliphatic rings. The Morgan fingerprint density at radius 3 is 2.75 bits per heavy atom. The Hall–Kier alpha value is -2.93. The Morgan fingerprint density at radius 2 is 1.88 bits per heavy atom. The number of carbonyl (C=O) groups is 1. The van der Waals surface area contributed by atoms with E-state index in [0.717, 1.165) is 16.4 Å². The molecule has 0 unspecified atom stereocenters. The zero-order valence-electron chi connectivity index (χ0n) is 12.4. The van der Waals surface area contributed by atoms with Gasteiger partial charge < -0.3 is 14.9 Å². The number of carbonyl (C=O) groups excluding carboxylic acids is 1. The predicted octanol–water partition coefficient (Wildman–Crippen LogP) is 2.16. The molecule has 1 N–H and O–H groups in total. The highest BCUT2D eigenvalue weighted by Gasteiger charge is 2.10. The van der Waals surface area contributed by atoms with Gasteiger partial charge in [0.05, 0.1) is 5.97 Å². The molecule has 0 aliphatic heterocycles. The van der Waals surface area contributed by atoms with E-state index in [4.69, 9.17) is 0 Å². The van der Waals surface area contributed by atoms with Crippen molar-refractivity contribution in [1.82, 2.24) is 20.2 Å². The highest BCUT2D eigenvalue weighted by Crippen LogP contribution is 2.25. The fourth-order valence-corrected chi connectivity index (χ4v) is 3.35. The number of rotatable bonds is 4. The first-order chi connectivity index (χ1) is 11.7. The molecule has 2 aromatic heterocycles. The van der Waals surface area contributed by atoms with Crippen molar-refractivity contribution in [2.45, 2.75) is 10.9 Å². The van der Waals surface area contributed by atoms with Crippen LogP contribution in [0.4, 0.5) is 0 Å². The first-order valence-corrected chi connectivity index (χ1v) is 8.24. The Balaban J connectivity index is 1.64. The largest absolute Gasteiger partial charge is 0.545 e. The molecule has 0 saturated heterocycles. The molecule has 0 spiro atoms. The molecule has 4 rings (SSSR count). The normalized spacial score (nSPS) is 11.2. The van der Waals surface area contributed by atoms with E-state index >= 15 is 0 Å². The number of hydrogen-bond donors (Lipinski definition) is 1. The number of carboxylic acids is 1. The van der Waals surface area contributed by atoms with Gasteiger partial charge in [0, 0.05) is 22.2 Å². The van der Waals surface area contributed by atoms with Gasteiger partial charge in [-0.2, -0.15) is 0 Å².